The van der Waals surface area contributed by atoms with Crippen LogP contribution < -0.4 is 10.9 Å². The van der Waals surface area contributed by atoms with Gasteiger partial charge in [0.1, 0.15) is 0 Å². The molecule has 3 rings (SSSR count). The van der Waals surface area contributed by atoms with E-state index in [0.29, 0.717) is 11.4 Å². The normalized spacial score (nSPS) is 11.0. The van der Waals surface area contributed by atoms with Crippen LogP contribution in [-0.4, -0.2) is 16.6 Å². The first-order valence-corrected chi connectivity index (χ1v) is 9.77. The van der Waals surface area contributed by atoms with Crippen molar-refractivity contribution in [1.29, 1.82) is 0 Å². The lowest BCUT2D eigenvalue weighted by atomic mass is 9.99. The molecule has 0 saturated carbocycles. The molecule has 0 spiro atoms. The molecule has 0 unspecified atom stereocenters. The minimum absolute atomic E-state index is 0.0485. The van der Waals surface area contributed by atoms with Crippen molar-refractivity contribution < 1.29 is 4.79 Å². The number of amides is 1. The number of H-pyrrole nitrogens is 1. The number of rotatable bonds is 6. The van der Waals surface area contributed by atoms with Gasteiger partial charge in [0.2, 0.25) is 11.5 Å². The van der Waals surface area contributed by atoms with Gasteiger partial charge < -0.3 is 10.3 Å². The van der Waals surface area contributed by atoms with Gasteiger partial charge in [-0.1, -0.05) is 50.2 Å². The second-order valence-corrected chi connectivity index (χ2v) is 7.52. The third-order valence-corrected chi connectivity index (χ3v) is 5.13. The summed E-state index contributed by atoms with van der Waals surface area (Å²) in [6.07, 6.45) is 0. The third-order valence-electron chi connectivity index (χ3n) is 4.13. The molecule has 2 aromatic carbocycles. The van der Waals surface area contributed by atoms with Crippen molar-refractivity contribution in [3.8, 4) is 0 Å². The first kappa shape index (κ1) is 18.3. The Morgan fingerprint density at radius 2 is 1.88 bits per heavy atom. The molecule has 1 heterocycles. The molecule has 0 aliphatic carbocycles. The highest BCUT2D eigenvalue weighted by atomic mass is 32.2. The summed E-state index contributed by atoms with van der Waals surface area (Å²) in [6.45, 7) is 4.13. The van der Waals surface area contributed by atoms with Crippen molar-refractivity contribution in [3.05, 3.63) is 76.1 Å². The quantitative estimate of drug-likeness (QED) is 0.674. The van der Waals surface area contributed by atoms with Crippen molar-refractivity contribution in [2.75, 3.05) is 11.1 Å². The summed E-state index contributed by atoms with van der Waals surface area (Å²) in [5.41, 5.74) is 3.54. The van der Waals surface area contributed by atoms with Crippen molar-refractivity contribution in [1.82, 2.24) is 4.98 Å². The molecular weight excluding hydrogens is 344 g/mol. The molecule has 0 aliphatic rings. The fourth-order valence-electron chi connectivity index (χ4n) is 2.88. The van der Waals surface area contributed by atoms with Crippen molar-refractivity contribution in [3.63, 3.8) is 0 Å². The summed E-state index contributed by atoms with van der Waals surface area (Å²) in [4.78, 5) is 26.9. The average molecular weight is 366 g/mol. The van der Waals surface area contributed by atoms with E-state index in [1.165, 1.54) is 5.56 Å². The predicted octanol–water partition coefficient (Wildman–Crippen LogP) is 4.52. The molecule has 0 aliphatic heterocycles. The lowest BCUT2D eigenvalue weighted by Gasteiger charge is -2.11. The van der Waals surface area contributed by atoms with Gasteiger partial charge in [-0.25, -0.2) is 0 Å². The Balaban J connectivity index is 1.67. The van der Waals surface area contributed by atoms with Gasteiger partial charge in [-0.15, -0.1) is 11.8 Å². The number of fused-ring (bicyclic) bond motifs is 1. The number of benzene rings is 2. The summed E-state index contributed by atoms with van der Waals surface area (Å²) in [7, 11) is 0. The number of anilines is 1. The zero-order chi connectivity index (χ0) is 18.5. The molecule has 2 N–H and O–H groups in total. The number of carbonyl (C=O) groups is 1. The number of pyridine rings is 1. The fourth-order valence-corrected chi connectivity index (χ4v) is 3.66. The summed E-state index contributed by atoms with van der Waals surface area (Å²) >= 11 is 1.58. The number of aromatic nitrogens is 1. The lowest BCUT2D eigenvalue weighted by Crippen LogP contribution is -2.14. The van der Waals surface area contributed by atoms with Crippen LogP contribution in [0.5, 0.6) is 0 Å². The molecule has 1 amide bonds. The first-order chi connectivity index (χ1) is 12.5. The van der Waals surface area contributed by atoms with Gasteiger partial charge in [-0.3, -0.25) is 9.59 Å². The van der Waals surface area contributed by atoms with Crippen molar-refractivity contribution in [2.24, 2.45) is 0 Å². The number of nitrogens with one attached hydrogen (secondary N) is 2. The Labute approximate surface area is 157 Å². The topological polar surface area (TPSA) is 62.0 Å². The molecular formula is C21H22N2O2S. The maximum absolute atomic E-state index is 12.2. The number of hydrogen-bond acceptors (Lipinski definition) is 3. The predicted molar refractivity (Wildman–Crippen MR) is 110 cm³/mol. The summed E-state index contributed by atoms with van der Waals surface area (Å²) in [5, 5.41) is 3.92. The van der Waals surface area contributed by atoms with E-state index in [-0.39, 0.29) is 17.4 Å². The fraction of sp³-hybridized carbons (Fsp3) is 0.238. The molecule has 0 bridgehead atoms. The molecule has 26 heavy (non-hydrogen) atoms. The molecule has 1 aromatic heterocycles. The lowest BCUT2D eigenvalue weighted by molar-refractivity contribution is -0.113. The second-order valence-electron chi connectivity index (χ2n) is 6.53. The van der Waals surface area contributed by atoms with Crippen LogP contribution in [0.4, 0.5) is 5.69 Å². The van der Waals surface area contributed by atoms with Gasteiger partial charge >= 0.3 is 0 Å². The van der Waals surface area contributed by atoms with Crippen LogP contribution in [0.2, 0.25) is 0 Å². The highest BCUT2D eigenvalue weighted by Crippen LogP contribution is 2.25. The van der Waals surface area contributed by atoms with Gasteiger partial charge in [0.25, 0.3) is 0 Å². The van der Waals surface area contributed by atoms with E-state index in [1.54, 1.807) is 17.8 Å². The molecule has 5 heteroatoms. The molecule has 134 valence electrons. The van der Waals surface area contributed by atoms with Gasteiger partial charge in [0, 0.05) is 22.9 Å². The minimum Gasteiger partial charge on any atom is -0.325 e. The Hall–Kier alpha value is -2.53. The van der Waals surface area contributed by atoms with Crippen LogP contribution in [0, 0.1) is 0 Å². The minimum atomic E-state index is -0.122. The summed E-state index contributed by atoms with van der Waals surface area (Å²) in [5.74, 6) is 1.40. The molecule has 4 nitrogen and oxygen atoms in total. The smallest absolute Gasteiger partial charge is 0.248 e. The van der Waals surface area contributed by atoms with Crippen molar-refractivity contribution in [2.45, 2.75) is 25.5 Å². The van der Waals surface area contributed by atoms with E-state index in [1.807, 2.05) is 36.4 Å². The zero-order valence-corrected chi connectivity index (χ0v) is 15.7. The van der Waals surface area contributed by atoms with Crippen LogP contribution in [-0.2, 0) is 10.5 Å². The molecule has 0 radical (unpaired) electrons. The largest absolute Gasteiger partial charge is 0.325 e. The molecule has 0 atom stereocenters. The average Bonchev–Trinajstić information content (AvgIpc) is 2.61. The number of aromatic amines is 1. The Bertz CT molecular complexity index is 965. The highest BCUT2D eigenvalue weighted by molar-refractivity contribution is 7.99. The summed E-state index contributed by atoms with van der Waals surface area (Å²) in [6, 6.07) is 17.4. The third kappa shape index (κ3) is 4.55. The Morgan fingerprint density at radius 3 is 2.62 bits per heavy atom. The van der Waals surface area contributed by atoms with Crippen LogP contribution in [0.3, 0.4) is 0 Å². The van der Waals surface area contributed by atoms with E-state index in [0.717, 1.165) is 22.2 Å². The Kier molecular flexibility index (Phi) is 5.78. The second kappa shape index (κ2) is 8.23. The van der Waals surface area contributed by atoms with Crippen LogP contribution in [0.1, 0.15) is 30.9 Å². The Morgan fingerprint density at radius 1 is 1.12 bits per heavy atom. The first-order valence-electron chi connectivity index (χ1n) is 8.61. The molecule has 3 aromatic rings. The van der Waals surface area contributed by atoms with E-state index in [4.69, 9.17) is 0 Å². The number of thioether (sulfide) groups is 1. The molecule has 0 fully saturated rings. The zero-order valence-electron chi connectivity index (χ0n) is 14.9. The van der Waals surface area contributed by atoms with Crippen LogP contribution in [0.15, 0.2) is 59.4 Å². The van der Waals surface area contributed by atoms with Gasteiger partial charge in [-0.2, -0.15) is 0 Å². The summed E-state index contributed by atoms with van der Waals surface area (Å²) < 4.78 is 0. The van der Waals surface area contributed by atoms with E-state index < -0.39 is 0 Å². The van der Waals surface area contributed by atoms with Gasteiger partial charge in [0.15, 0.2) is 0 Å². The van der Waals surface area contributed by atoms with Crippen molar-refractivity contribution >= 4 is 34.3 Å². The monoisotopic (exact) mass is 366 g/mol. The van der Waals surface area contributed by atoms with Crippen LogP contribution >= 0.6 is 11.8 Å². The maximum Gasteiger partial charge on any atom is 0.248 e. The van der Waals surface area contributed by atoms with Gasteiger partial charge in [0.05, 0.1) is 11.3 Å². The van der Waals surface area contributed by atoms with Gasteiger partial charge in [-0.05, 0) is 29.2 Å². The maximum atomic E-state index is 12.2. The van der Waals surface area contributed by atoms with E-state index >= 15 is 0 Å². The standard InChI is InChI=1S/C21H22N2O2S/c1-14(2)18-11-20(24)23-19-10-16(8-9-17(18)19)22-21(25)13-26-12-15-6-4-3-5-7-15/h3-11,14H,12-13H2,1-2H3,(H,22,25)(H,23,24). The highest BCUT2D eigenvalue weighted by Gasteiger charge is 2.09. The SMILES string of the molecule is CC(C)c1cc(=O)[nH]c2cc(NC(=O)CSCc3ccccc3)ccc12. The van der Waals surface area contributed by atoms with E-state index in [9.17, 15) is 9.59 Å². The van der Waals surface area contributed by atoms with E-state index in [2.05, 4.69) is 36.3 Å². The number of hydrogen-bond donors (Lipinski definition) is 2. The number of carbonyl (C=O) groups excluding carboxylic acids is 1. The van der Waals surface area contributed by atoms with Crippen LogP contribution in [0.25, 0.3) is 10.9 Å². The molecule has 0 saturated heterocycles.